The normalized spacial score (nSPS) is 10.6. The van der Waals surface area contributed by atoms with Crippen molar-refractivity contribution in [3.63, 3.8) is 0 Å². The van der Waals surface area contributed by atoms with E-state index in [1.54, 1.807) is 24.5 Å². The lowest BCUT2D eigenvalue weighted by atomic mass is 10.0. The average Bonchev–Trinajstić information content (AvgIpc) is 2.45. The van der Waals surface area contributed by atoms with E-state index in [9.17, 15) is 4.79 Å². The number of aryl methyl sites for hydroxylation is 1. The van der Waals surface area contributed by atoms with Crippen LogP contribution in [0.3, 0.4) is 0 Å². The first-order valence-electron chi connectivity index (χ1n) is 6.45. The molecule has 0 radical (unpaired) electrons. The summed E-state index contributed by atoms with van der Waals surface area (Å²) in [5.74, 6) is 0. The minimum absolute atomic E-state index is 0.0912. The predicted octanol–water partition coefficient (Wildman–Crippen LogP) is 2.15. The van der Waals surface area contributed by atoms with Crippen molar-refractivity contribution in [2.45, 2.75) is 6.92 Å². The number of nitriles is 1. The first-order valence-corrected chi connectivity index (χ1v) is 6.45. The Hall–Kier alpha value is -2.87. The lowest BCUT2D eigenvalue weighted by molar-refractivity contribution is 0.567. The first kappa shape index (κ1) is 14.5. The molecule has 0 atom stereocenters. The number of nitrogens with one attached hydrogen (secondary N) is 1. The molecule has 0 aliphatic carbocycles. The lowest BCUT2D eigenvalue weighted by Gasteiger charge is -2.09. The van der Waals surface area contributed by atoms with E-state index in [4.69, 9.17) is 5.26 Å². The van der Waals surface area contributed by atoms with E-state index in [1.165, 1.54) is 0 Å². The molecule has 106 valence electrons. The Morgan fingerprint density at radius 2 is 2.10 bits per heavy atom. The van der Waals surface area contributed by atoms with Crippen molar-refractivity contribution in [3.05, 3.63) is 57.9 Å². The third-order valence-corrected chi connectivity index (χ3v) is 2.92. The third kappa shape index (κ3) is 3.37. The predicted molar refractivity (Wildman–Crippen MR) is 82.5 cm³/mol. The van der Waals surface area contributed by atoms with E-state index >= 15 is 0 Å². The standard InChI is InChI=1S/C16H16N4O/c1-11-6-13(10-18-9-11)14-7-12(8-17)16(21)19-15(14)4-5-20(2)3/h4-7,9-10H,1-3H3,(H,19,21)/b5-4+. The Balaban J connectivity index is 2.67. The molecule has 2 aromatic rings. The van der Waals surface area contributed by atoms with Crippen LogP contribution >= 0.6 is 0 Å². The molecule has 0 saturated carbocycles. The van der Waals surface area contributed by atoms with Gasteiger partial charge in [0.15, 0.2) is 0 Å². The highest BCUT2D eigenvalue weighted by Crippen LogP contribution is 2.23. The van der Waals surface area contributed by atoms with Gasteiger partial charge >= 0.3 is 0 Å². The van der Waals surface area contributed by atoms with Gasteiger partial charge in [-0.3, -0.25) is 9.78 Å². The van der Waals surface area contributed by atoms with Crippen LogP contribution in [-0.2, 0) is 0 Å². The van der Waals surface area contributed by atoms with Crippen LogP contribution in [-0.4, -0.2) is 29.0 Å². The van der Waals surface area contributed by atoms with Crippen LogP contribution in [0.2, 0.25) is 0 Å². The molecule has 2 rings (SSSR count). The van der Waals surface area contributed by atoms with Crippen LogP contribution in [0.25, 0.3) is 17.2 Å². The molecule has 0 aliphatic heterocycles. The van der Waals surface area contributed by atoms with Gasteiger partial charge in [-0.05, 0) is 30.7 Å². The van der Waals surface area contributed by atoms with Crippen molar-refractivity contribution in [1.82, 2.24) is 14.9 Å². The highest BCUT2D eigenvalue weighted by atomic mass is 16.1. The van der Waals surface area contributed by atoms with Gasteiger partial charge in [0.1, 0.15) is 11.6 Å². The third-order valence-electron chi connectivity index (χ3n) is 2.92. The SMILES string of the molecule is Cc1cncc(-c2cc(C#N)c(=O)[nH]c2/C=C/N(C)C)c1. The molecule has 5 nitrogen and oxygen atoms in total. The molecule has 0 aromatic carbocycles. The summed E-state index contributed by atoms with van der Waals surface area (Å²) in [6, 6.07) is 5.48. The maximum Gasteiger partial charge on any atom is 0.266 e. The summed E-state index contributed by atoms with van der Waals surface area (Å²) in [6.45, 7) is 1.95. The van der Waals surface area contributed by atoms with E-state index in [1.807, 2.05) is 44.3 Å². The minimum Gasteiger partial charge on any atom is -0.383 e. The Labute approximate surface area is 123 Å². The summed E-state index contributed by atoms with van der Waals surface area (Å²) >= 11 is 0. The zero-order valence-corrected chi connectivity index (χ0v) is 12.2. The number of hydrogen-bond acceptors (Lipinski definition) is 4. The topological polar surface area (TPSA) is 72.8 Å². The van der Waals surface area contributed by atoms with Crippen molar-refractivity contribution >= 4 is 6.08 Å². The molecule has 2 aromatic heterocycles. The molecule has 0 amide bonds. The number of H-pyrrole nitrogens is 1. The van der Waals surface area contributed by atoms with E-state index in [-0.39, 0.29) is 11.1 Å². The molecule has 0 aliphatic rings. The Morgan fingerprint density at radius 1 is 1.33 bits per heavy atom. The Morgan fingerprint density at radius 3 is 2.71 bits per heavy atom. The van der Waals surface area contributed by atoms with Gasteiger partial charge in [0.2, 0.25) is 0 Å². The summed E-state index contributed by atoms with van der Waals surface area (Å²) in [5.41, 5.74) is 3.01. The molecule has 0 spiro atoms. The second-order valence-corrected chi connectivity index (χ2v) is 4.98. The summed E-state index contributed by atoms with van der Waals surface area (Å²) in [5, 5.41) is 9.04. The monoisotopic (exact) mass is 280 g/mol. The quantitative estimate of drug-likeness (QED) is 0.935. The number of rotatable bonds is 3. The zero-order chi connectivity index (χ0) is 15.4. The number of pyridine rings is 2. The fraction of sp³-hybridized carbons (Fsp3) is 0.188. The van der Waals surface area contributed by atoms with Gasteiger partial charge < -0.3 is 9.88 Å². The van der Waals surface area contributed by atoms with Crippen LogP contribution in [0.15, 0.2) is 35.5 Å². The molecule has 0 bridgehead atoms. The molecule has 0 saturated heterocycles. The largest absolute Gasteiger partial charge is 0.383 e. The minimum atomic E-state index is -0.389. The van der Waals surface area contributed by atoms with Gasteiger partial charge in [0, 0.05) is 43.8 Å². The second kappa shape index (κ2) is 6.06. The number of nitrogens with zero attached hydrogens (tertiary/aromatic N) is 3. The molecule has 5 heteroatoms. The second-order valence-electron chi connectivity index (χ2n) is 4.98. The summed E-state index contributed by atoms with van der Waals surface area (Å²) in [6.07, 6.45) is 7.12. The first-order chi connectivity index (χ1) is 10.0. The highest BCUT2D eigenvalue weighted by molar-refractivity contribution is 5.73. The maximum atomic E-state index is 11.8. The van der Waals surface area contributed by atoms with Crippen LogP contribution in [0.4, 0.5) is 0 Å². The van der Waals surface area contributed by atoms with Crippen molar-refractivity contribution < 1.29 is 0 Å². The molecule has 0 fully saturated rings. The molecule has 1 N–H and O–H groups in total. The number of hydrogen-bond donors (Lipinski definition) is 1. The van der Waals surface area contributed by atoms with E-state index < -0.39 is 0 Å². The number of aromatic amines is 1. The van der Waals surface area contributed by atoms with Crippen molar-refractivity contribution in [3.8, 4) is 17.2 Å². The maximum absolute atomic E-state index is 11.8. The molecule has 2 heterocycles. The van der Waals surface area contributed by atoms with Gasteiger partial charge in [0.05, 0.1) is 5.69 Å². The molecule has 0 unspecified atom stereocenters. The van der Waals surface area contributed by atoms with E-state index in [0.29, 0.717) is 5.69 Å². The van der Waals surface area contributed by atoms with Gasteiger partial charge in [0.25, 0.3) is 5.56 Å². The molecular formula is C16H16N4O. The smallest absolute Gasteiger partial charge is 0.266 e. The fourth-order valence-electron chi connectivity index (χ4n) is 1.92. The van der Waals surface area contributed by atoms with Crippen LogP contribution in [0.1, 0.15) is 16.8 Å². The Bertz CT molecular complexity index is 782. The van der Waals surface area contributed by atoms with Crippen LogP contribution in [0.5, 0.6) is 0 Å². The summed E-state index contributed by atoms with van der Waals surface area (Å²) in [4.78, 5) is 20.6. The van der Waals surface area contributed by atoms with E-state index in [0.717, 1.165) is 16.7 Å². The van der Waals surface area contributed by atoms with Gasteiger partial charge in [-0.25, -0.2) is 0 Å². The fourth-order valence-corrected chi connectivity index (χ4v) is 1.92. The van der Waals surface area contributed by atoms with Crippen LogP contribution in [0, 0.1) is 18.3 Å². The van der Waals surface area contributed by atoms with Gasteiger partial charge in [-0.15, -0.1) is 0 Å². The average molecular weight is 280 g/mol. The summed E-state index contributed by atoms with van der Waals surface area (Å²) < 4.78 is 0. The van der Waals surface area contributed by atoms with Gasteiger partial charge in [-0.1, -0.05) is 0 Å². The lowest BCUT2D eigenvalue weighted by Crippen LogP contribution is -2.12. The Kier molecular flexibility index (Phi) is 4.19. The summed E-state index contributed by atoms with van der Waals surface area (Å²) in [7, 11) is 3.79. The van der Waals surface area contributed by atoms with Crippen molar-refractivity contribution in [1.29, 1.82) is 5.26 Å². The molecular weight excluding hydrogens is 264 g/mol. The van der Waals surface area contributed by atoms with Crippen molar-refractivity contribution in [2.24, 2.45) is 0 Å². The molecule has 21 heavy (non-hydrogen) atoms. The van der Waals surface area contributed by atoms with Gasteiger partial charge in [-0.2, -0.15) is 5.26 Å². The van der Waals surface area contributed by atoms with Crippen molar-refractivity contribution in [2.75, 3.05) is 14.1 Å². The highest BCUT2D eigenvalue weighted by Gasteiger charge is 2.09. The number of aromatic nitrogens is 2. The zero-order valence-electron chi connectivity index (χ0n) is 12.2. The van der Waals surface area contributed by atoms with E-state index in [2.05, 4.69) is 9.97 Å². The van der Waals surface area contributed by atoms with Crippen LogP contribution < -0.4 is 5.56 Å².